The van der Waals surface area contributed by atoms with Crippen LogP contribution < -0.4 is 14.2 Å². The zero-order valence-electron chi connectivity index (χ0n) is 20.5. The fourth-order valence-electron chi connectivity index (χ4n) is 4.13. The van der Waals surface area contributed by atoms with Crippen molar-refractivity contribution in [3.05, 3.63) is 113 Å². The summed E-state index contributed by atoms with van der Waals surface area (Å²) < 4.78 is 17.5. The number of hydrogen-bond donors (Lipinski definition) is 0. The summed E-state index contributed by atoms with van der Waals surface area (Å²) in [6.07, 6.45) is 4.96. The van der Waals surface area contributed by atoms with Gasteiger partial charge in [0.15, 0.2) is 11.5 Å². The van der Waals surface area contributed by atoms with E-state index >= 15 is 0 Å². The van der Waals surface area contributed by atoms with Crippen LogP contribution in [0.1, 0.15) is 33.4 Å². The summed E-state index contributed by atoms with van der Waals surface area (Å²) in [5.41, 5.74) is 7.21. The van der Waals surface area contributed by atoms with Crippen molar-refractivity contribution >= 4 is 6.08 Å². The second-order valence-electron chi connectivity index (χ2n) is 8.53. The van der Waals surface area contributed by atoms with Gasteiger partial charge in [-0.3, -0.25) is 4.98 Å². The molecule has 5 nitrogen and oxygen atoms in total. The number of fused-ring (bicyclic) bond motifs is 1. The third kappa shape index (κ3) is 5.32. The molecule has 180 valence electrons. The van der Waals surface area contributed by atoms with Crippen molar-refractivity contribution in [3.63, 3.8) is 0 Å². The van der Waals surface area contributed by atoms with Gasteiger partial charge in [-0.05, 0) is 60.0 Å². The number of pyridine rings is 1. The van der Waals surface area contributed by atoms with E-state index in [1.807, 2.05) is 48.5 Å². The summed E-state index contributed by atoms with van der Waals surface area (Å²) in [5, 5.41) is 9.10. The molecule has 0 bridgehead atoms. The van der Waals surface area contributed by atoms with Gasteiger partial charge in [-0.2, -0.15) is 5.26 Å². The molecule has 37 heavy (non-hydrogen) atoms. The Morgan fingerprint density at radius 3 is 2.68 bits per heavy atom. The highest BCUT2D eigenvalue weighted by molar-refractivity contribution is 5.73. The lowest BCUT2D eigenvalue weighted by Crippen LogP contribution is -2.15. The van der Waals surface area contributed by atoms with E-state index in [4.69, 9.17) is 19.5 Å². The number of nitriles is 1. The first-order valence-corrected chi connectivity index (χ1v) is 11.9. The van der Waals surface area contributed by atoms with Gasteiger partial charge >= 0.3 is 0 Å². The Labute approximate surface area is 216 Å². The van der Waals surface area contributed by atoms with Gasteiger partial charge in [0.1, 0.15) is 31.6 Å². The van der Waals surface area contributed by atoms with Crippen molar-refractivity contribution in [2.45, 2.75) is 13.5 Å². The first-order chi connectivity index (χ1) is 18.1. The SMILES string of the molecule is C=Cc1ccc(C#Cc2cccc(-c3ccc4c(c3)OCCO4)c2C)cc1OCc1cncc(C#N)c1. The molecule has 5 rings (SSSR count). The summed E-state index contributed by atoms with van der Waals surface area (Å²) >= 11 is 0. The molecule has 5 heteroatoms. The molecule has 2 heterocycles. The van der Waals surface area contributed by atoms with E-state index in [0.29, 0.717) is 24.5 Å². The molecule has 1 aliphatic heterocycles. The van der Waals surface area contributed by atoms with Crippen LogP contribution in [-0.4, -0.2) is 18.2 Å². The Kier molecular flexibility index (Phi) is 6.88. The molecular weight excluding hydrogens is 460 g/mol. The Hall–Kier alpha value is -5.00. The Bertz CT molecular complexity index is 1590. The van der Waals surface area contributed by atoms with Crippen molar-refractivity contribution < 1.29 is 14.2 Å². The topological polar surface area (TPSA) is 64.4 Å². The summed E-state index contributed by atoms with van der Waals surface area (Å²) in [5.74, 6) is 8.81. The summed E-state index contributed by atoms with van der Waals surface area (Å²) in [7, 11) is 0. The first kappa shape index (κ1) is 23.7. The Morgan fingerprint density at radius 2 is 1.84 bits per heavy atom. The molecule has 3 aromatic carbocycles. The predicted molar refractivity (Wildman–Crippen MR) is 143 cm³/mol. The second-order valence-corrected chi connectivity index (χ2v) is 8.53. The molecule has 1 aliphatic rings. The lowest BCUT2D eigenvalue weighted by molar-refractivity contribution is 0.171. The number of benzene rings is 3. The van der Waals surface area contributed by atoms with Gasteiger partial charge in [0.05, 0.1) is 5.56 Å². The largest absolute Gasteiger partial charge is 0.488 e. The minimum atomic E-state index is 0.289. The van der Waals surface area contributed by atoms with E-state index in [0.717, 1.165) is 50.4 Å². The molecule has 0 fully saturated rings. The van der Waals surface area contributed by atoms with Gasteiger partial charge < -0.3 is 14.2 Å². The predicted octanol–water partition coefficient (Wildman–Crippen LogP) is 6.32. The van der Waals surface area contributed by atoms with Gasteiger partial charge in [-0.15, -0.1) is 0 Å². The maximum atomic E-state index is 9.10. The summed E-state index contributed by atoms with van der Waals surface area (Å²) in [6.45, 7) is 7.38. The van der Waals surface area contributed by atoms with Crippen LogP contribution in [0.3, 0.4) is 0 Å². The average Bonchev–Trinajstić information content (AvgIpc) is 2.95. The van der Waals surface area contributed by atoms with Crippen LogP contribution in [-0.2, 0) is 6.61 Å². The van der Waals surface area contributed by atoms with E-state index in [-0.39, 0.29) is 6.61 Å². The van der Waals surface area contributed by atoms with Gasteiger partial charge in [-0.1, -0.05) is 48.8 Å². The van der Waals surface area contributed by atoms with Gasteiger partial charge in [0, 0.05) is 34.6 Å². The zero-order valence-corrected chi connectivity index (χ0v) is 20.5. The van der Waals surface area contributed by atoms with Crippen LogP contribution in [0.5, 0.6) is 17.2 Å². The van der Waals surface area contributed by atoms with Crippen LogP contribution in [0.25, 0.3) is 17.2 Å². The third-order valence-electron chi connectivity index (χ3n) is 6.08. The fraction of sp³-hybridized carbons (Fsp3) is 0.125. The normalized spacial score (nSPS) is 11.6. The van der Waals surface area contributed by atoms with Crippen molar-refractivity contribution in [1.82, 2.24) is 4.98 Å². The van der Waals surface area contributed by atoms with Gasteiger partial charge in [-0.25, -0.2) is 0 Å². The van der Waals surface area contributed by atoms with E-state index in [2.05, 4.69) is 42.5 Å². The van der Waals surface area contributed by atoms with Crippen molar-refractivity contribution in [2.24, 2.45) is 0 Å². The Morgan fingerprint density at radius 1 is 0.973 bits per heavy atom. The molecule has 0 amide bonds. The lowest BCUT2D eigenvalue weighted by atomic mass is 9.96. The molecule has 0 spiro atoms. The van der Waals surface area contributed by atoms with Crippen LogP contribution in [0.4, 0.5) is 0 Å². The standard InChI is InChI=1S/C32H24N2O3/c1-3-26-9-7-23(16-31(26)37-21-25-15-24(18-33)19-34-20-25)8-10-27-5-4-6-29(22(27)2)28-11-12-30-32(17-28)36-14-13-35-30/h3-7,9,11-12,15-17,19-20H,1,13-14,21H2,2H3. The summed E-state index contributed by atoms with van der Waals surface area (Å²) in [6, 6.07) is 21.8. The molecular formula is C32H24N2O3. The van der Waals surface area contributed by atoms with Gasteiger partial charge in [0.25, 0.3) is 0 Å². The number of ether oxygens (including phenoxy) is 3. The van der Waals surface area contributed by atoms with Gasteiger partial charge in [0.2, 0.25) is 0 Å². The second kappa shape index (κ2) is 10.7. The molecule has 1 aromatic heterocycles. The van der Waals surface area contributed by atoms with E-state index < -0.39 is 0 Å². The van der Waals surface area contributed by atoms with Crippen LogP contribution in [0.15, 0.2) is 79.6 Å². The van der Waals surface area contributed by atoms with Crippen molar-refractivity contribution in [1.29, 1.82) is 5.26 Å². The minimum absolute atomic E-state index is 0.289. The van der Waals surface area contributed by atoms with Crippen LogP contribution in [0.2, 0.25) is 0 Å². The zero-order chi connectivity index (χ0) is 25.6. The number of nitrogens with zero attached hydrogens (tertiary/aromatic N) is 2. The number of hydrogen-bond acceptors (Lipinski definition) is 5. The highest BCUT2D eigenvalue weighted by atomic mass is 16.6. The molecule has 0 N–H and O–H groups in total. The maximum absolute atomic E-state index is 9.10. The molecule has 0 atom stereocenters. The molecule has 0 saturated heterocycles. The van der Waals surface area contributed by atoms with E-state index in [9.17, 15) is 0 Å². The van der Waals surface area contributed by atoms with Crippen molar-refractivity contribution in [2.75, 3.05) is 13.2 Å². The van der Waals surface area contributed by atoms with E-state index in [1.54, 1.807) is 18.3 Å². The summed E-state index contributed by atoms with van der Waals surface area (Å²) in [4.78, 5) is 4.09. The molecule has 0 radical (unpaired) electrons. The van der Waals surface area contributed by atoms with Crippen molar-refractivity contribution in [3.8, 4) is 46.3 Å². The Balaban J connectivity index is 1.40. The maximum Gasteiger partial charge on any atom is 0.161 e. The van der Waals surface area contributed by atoms with Crippen LogP contribution in [0, 0.1) is 30.1 Å². The highest BCUT2D eigenvalue weighted by Gasteiger charge is 2.14. The minimum Gasteiger partial charge on any atom is -0.488 e. The first-order valence-electron chi connectivity index (χ1n) is 11.9. The highest BCUT2D eigenvalue weighted by Crippen LogP contribution is 2.36. The van der Waals surface area contributed by atoms with Crippen LogP contribution >= 0.6 is 0 Å². The number of rotatable bonds is 5. The average molecular weight is 485 g/mol. The lowest BCUT2D eigenvalue weighted by Gasteiger charge is -2.19. The number of aromatic nitrogens is 1. The monoisotopic (exact) mass is 484 g/mol. The van der Waals surface area contributed by atoms with E-state index in [1.165, 1.54) is 6.20 Å². The smallest absolute Gasteiger partial charge is 0.161 e. The quantitative estimate of drug-likeness (QED) is 0.310. The fourth-order valence-corrected chi connectivity index (χ4v) is 4.13. The molecule has 0 saturated carbocycles. The molecule has 0 unspecified atom stereocenters. The molecule has 0 aliphatic carbocycles. The molecule has 4 aromatic rings. The third-order valence-corrected chi connectivity index (χ3v) is 6.08.